The van der Waals surface area contributed by atoms with Crippen LogP contribution in [0.25, 0.3) is 5.03 Å². The quantitative estimate of drug-likeness (QED) is 0.827. The van der Waals surface area contributed by atoms with Crippen molar-refractivity contribution in [3.05, 3.63) is 40.9 Å². The molecular weight excluding hydrogens is 287 g/mol. The molecule has 0 radical (unpaired) electrons. The van der Waals surface area contributed by atoms with E-state index in [1.54, 1.807) is 12.1 Å². The summed E-state index contributed by atoms with van der Waals surface area (Å²) >= 11 is 12.1. The van der Waals surface area contributed by atoms with E-state index in [4.69, 9.17) is 33.0 Å². The summed E-state index contributed by atoms with van der Waals surface area (Å²) in [6, 6.07) is 7.17. The normalized spacial score (nSPS) is 24.9. The number of carbonyl (C=O) groups is 1. The van der Waals surface area contributed by atoms with Gasteiger partial charge in [0.1, 0.15) is 6.10 Å². The third kappa shape index (κ3) is 3.04. The maximum absolute atomic E-state index is 10.6. The molecule has 1 N–H and O–H groups in total. The molecule has 2 unspecified atom stereocenters. The molecule has 5 heteroatoms. The van der Waals surface area contributed by atoms with Crippen LogP contribution in [0.1, 0.15) is 19.4 Å². The molecule has 19 heavy (non-hydrogen) atoms. The number of ether oxygens (including phenoxy) is 1. The Kier molecular flexibility index (Phi) is 3.79. The van der Waals surface area contributed by atoms with Crippen LogP contribution >= 0.6 is 23.2 Å². The minimum atomic E-state index is -1.25. The van der Waals surface area contributed by atoms with Gasteiger partial charge in [-0.1, -0.05) is 55.3 Å². The second-order valence-electron chi connectivity index (χ2n) is 5.17. The summed E-state index contributed by atoms with van der Waals surface area (Å²) in [6.07, 6.45) is 0.251. The van der Waals surface area contributed by atoms with Crippen LogP contribution in [0, 0.1) is 11.3 Å². The fraction of sp³-hybridized carbons (Fsp3) is 0.357. The van der Waals surface area contributed by atoms with Crippen LogP contribution in [-0.4, -0.2) is 17.4 Å². The Balaban J connectivity index is 2.13. The molecule has 2 rings (SSSR count). The predicted octanol–water partition coefficient (Wildman–Crippen LogP) is 4.64. The highest BCUT2D eigenvalue weighted by Gasteiger charge is 2.60. The van der Waals surface area contributed by atoms with E-state index < -0.39 is 6.16 Å². The van der Waals surface area contributed by atoms with Gasteiger partial charge in [-0.15, -0.1) is 0 Å². The molecule has 0 heterocycles. The molecule has 0 spiro atoms. The molecule has 0 aliphatic heterocycles. The summed E-state index contributed by atoms with van der Waals surface area (Å²) in [6.45, 7) is 3.90. The lowest BCUT2D eigenvalue weighted by molar-refractivity contribution is 0.0732. The van der Waals surface area contributed by atoms with Gasteiger partial charge in [0.2, 0.25) is 0 Å². The number of hydrogen-bond acceptors (Lipinski definition) is 2. The topological polar surface area (TPSA) is 46.5 Å². The molecule has 1 aliphatic carbocycles. The zero-order valence-corrected chi connectivity index (χ0v) is 12.1. The monoisotopic (exact) mass is 300 g/mol. The van der Waals surface area contributed by atoms with Gasteiger partial charge in [0.25, 0.3) is 0 Å². The van der Waals surface area contributed by atoms with Gasteiger partial charge in [-0.25, -0.2) is 4.79 Å². The lowest BCUT2D eigenvalue weighted by atomic mass is 10.1. The van der Waals surface area contributed by atoms with Gasteiger partial charge in [-0.3, -0.25) is 0 Å². The average molecular weight is 301 g/mol. The molecular formula is C14H14Cl2O3. The van der Waals surface area contributed by atoms with Crippen LogP contribution in [0.5, 0.6) is 0 Å². The standard InChI is InChI=1S/C14H14Cl2O3/c1-14(2)10(12(14)19-13(17)18)7-11(16)8-3-5-9(15)6-4-8/h3-7,10,12H,1-2H3,(H,17,18). The first-order valence-electron chi connectivity index (χ1n) is 5.85. The van der Waals surface area contributed by atoms with Gasteiger partial charge in [-0.05, 0) is 17.7 Å². The van der Waals surface area contributed by atoms with Crippen LogP contribution in [0.2, 0.25) is 5.02 Å². The van der Waals surface area contributed by atoms with E-state index in [2.05, 4.69) is 0 Å². The minimum Gasteiger partial charge on any atom is -0.450 e. The van der Waals surface area contributed by atoms with Crippen LogP contribution < -0.4 is 0 Å². The highest BCUT2D eigenvalue weighted by Crippen LogP contribution is 2.56. The van der Waals surface area contributed by atoms with E-state index in [1.807, 2.05) is 32.1 Å². The second kappa shape index (κ2) is 5.06. The SMILES string of the molecule is CC1(C)C(C=C(Cl)c2ccc(Cl)cc2)C1OC(=O)O. The Labute approximate surface area is 121 Å². The Bertz CT molecular complexity index is 520. The molecule has 0 aromatic heterocycles. The van der Waals surface area contributed by atoms with E-state index >= 15 is 0 Å². The molecule has 1 aromatic rings. The number of carboxylic acid groups (broad SMARTS) is 1. The Morgan fingerprint density at radius 1 is 1.37 bits per heavy atom. The second-order valence-corrected chi connectivity index (χ2v) is 6.02. The summed E-state index contributed by atoms with van der Waals surface area (Å²) in [5, 5.41) is 9.89. The highest BCUT2D eigenvalue weighted by molar-refractivity contribution is 6.48. The van der Waals surface area contributed by atoms with Crippen LogP contribution in [0.3, 0.4) is 0 Å². The van der Waals surface area contributed by atoms with Crippen molar-refractivity contribution in [1.29, 1.82) is 0 Å². The number of halogens is 2. The van der Waals surface area contributed by atoms with Crippen molar-refractivity contribution >= 4 is 34.4 Å². The molecule has 1 aromatic carbocycles. The Hall–Kier alpha value is -1.19. The number of rotatable bonds is 3. The van der Waals surface area contributed by atoms with Crippen molar-refractivity contribution < 1.29 is 14.6 Å². The average Bonchev–Trinajstić information content (AvgIpc) is 2.80. The third-order valence-corrected chi connectivity index (χ3v) is 4.08. The fourth-order valence-electron chi connectivity index (χ4n) is 2.13. The summed E-state index contributed by atoms with van der Waals surface area (Å²) in [7, 11) is 0. The first-order valence-corrected chi connectivity index (χ1v) is 6.61. The van der Waals surface area contributed by atoms with Gasteiger partial charge in [-0.2, -0.15) is 0 Å². The van der Waals surface area contributed by atoms with Crippen LogP contribution in [0.15, 0.2) is 30.3 Å². The summed E-state index contributed by atoms with van der Waals surface area (Å²) in [5.41, 5.74) is 0.633. The lowest BCUT2D eigenvalue weighted by Crippen LogP contribution is -2.07. The number of hydrogen-bond donors (Lipinski definition) is 1. The number of benzene rings is 1. The molecule has 0 saturated heterocycles. The molecule has 1 fully saturated rings. The van der Waals surface area contributed by atoms with E-state index in [-0.39, 0.29) is 17.4 Å². The maximum atomic E-state index is 10.6. The molecule has 1 saturated carbocycles. The van der Waals surface area contributed by atoms with E-state index in [0.29, 0.717) is 10.1 Å². The van der Waals surface area contributed by atoms with Crippen molar-refractivity contribution in [3.8, 4) is 0 Å². The first kappa shape index (κ1) is 14.2. The maximum Gasteiger partial charge on any atom is 0.506 e. The Morgan fingerprint density at radius 3 is 2.47 bits per heavy atom. The summed E-state index contributed by atoms with van der Waals surface area (Å²) in [5.74, 6) is -0.00761. The molecule has 3 nitrogen and oxygen atoms in total. The zero-order valence-electron chi connectivity index (χ0n) is 10.6. The molecule has 102 valence electrons. The van der Waals surface area contributed by atoms with Crippen molar-refractivity contribution in [2.75, 3.05) is 0 Å². The Morgan fingerprint density at radius 2 is 1.95 bits per heavy atom. The van der Waals surface area contributed by atoms with Crippen LogP contribution in [-0.2, 0) is 4.74 Å². The van der Waals surface area contributed by atoms with E-state index in [1.165, 1.54) is 0 Å². The van der Waals surface area contributed by atoms with Crippen LogP contribution in [0.4, 0.5) is 4.79 Å². The van der Waals surface area contributed by atoms with Crippen molar-refractivity contribution in [2.45, 2.75) is 20.0 Å². The van der Waals surface area contributed by atoms with E-state index in [0.717, 1.165) is 5.56 Å². The highest BCUT2D eigenvalue weighted by atomic mass is 35.5. The lowest BCUT2D eigenvalue weighted by Gasteiger charge is -2.00. The zero-order chi connectivity index (χ0) is 14.2. The van der Waals surface area contributed by atoms with Gasteiger partial charge in [0, 0.05) is 21.4 Å². The van der Waals surface area contributed by atoms with Crippen molar-refractivity contribution in [1.82, 2.24) is 0 Å². The molecule has 1 aliphatic rings. The fourth-order valence-corrected chi connectivity index (χ4v) is 2.52. The van der Waals surface area contributed by atoms with Gasteiger partial charge in [0.15, 0.2) is 0 Å². The molecule has 0 bridgehead atoms. The smallest absolute Gasteiger partial charge is 0.450 e. The third-order valence-electron chi connectivity index (χ3n) is 3.48. The van der Waals surface area contributed by atoms with Gasteiger partial charge >= 0.3 is 6.16 Å². The predicted molar refractivity (Wildman–Crippen MR) is 75.5 cm³/mol. The molecule has 0 amide bonds. The molecule has 2 atom stereocenters. The minimum absolute atomic E-state index is 0.00761. The summed E-state index contributed by atoms with van der Waals surface area (Å²) in [4.78, 5) is 10.6. The van der Waals surface area contributed by atoms with Crippen molar-refractivity contribution in [2.24, 2.45) is 11.3 Å². The first-order chi connectivity index (χ1) is 8.82. The van der Waals surface area contributed by atoms with Gasteiger partial charge in [0.05, 0.1) is 0 Å². The van der Waals surface area contributed by atoms with Gasteiger partial charge < -0.3 is 9.84 Å². The largest absolute Gasteiger partial charge is 0.506 e. The van der Waals surface area contributed by atoms with Crippen molar-refractivity contribution in [3.63, 3.8) is 0 Å². The summed E-state index contributed by atoms with van der Waals surface area (Å²) < 4.78 is 4.84. The van der Waals surface area contributed by atoms with E-state index in [9.17, 15) is 4.79 Å².